The first-order valence-corrected chi connectivity index (χ1v) is 57.3. The largest absolute Gasteiger partial charge is 0.420 e. The van der Waals surface area contributed by atoms with Crippen LogP contribution in [-0.4, -0.2) is 99.3 Å². The van der Waals surface area contributed by atoms with Gasteiger partial charge in [0.05, 0.1) is 20.5 Å². The summed E-state index contributed by atoms with van der Waals surface area (Å²) in [4.78, 5) is 46.2. The normalized spacial score (nSPS) is 12.5. The molecule has 0 heterocycles. The molecular formula is C75H93N5O10P4S3Si4. The summed E-state index contributed by atoms with van der Waals surface area (Å²) in [6.07, 6.45) is 9.91. The van der Waals surface area contributed by atoms with Crippen molar-refractivity contribution >= 4 is 143 Å². The Hall–Kier alpha value is -6.77. The molecule has 0 aliphatic rings. The van der Waals surface area contributed by atoms with Gasteiger partial charge in [-0.2, -0.15) is 14.7 Å². The molecule has 15 nitrogen and oxygen atoms in total. The van der Waals surface area contributed by atoms with Gasteiger partial charge in [0, 0.05) is 103 Å². The van der Waals surface area contributed by atoms with Gasteiger partial charge in [-0.25, -0.2) is 9.56 Å². The Morgan fingerprint density at radius 2 is 0.594 bits per heavy atom. The quantitative estimate of drug-likeness (QED) is 0.0117. The predicted molar refractivity (Wildman–Crippen MR) is 442 cm³/mol. The van der Waals surface area contributed by atoms with Crippen LogP contribution in [0.1, 0.15) is 71.8 Å². The van der Waals surface area contributed by atoms with Crippen molar-refractivity contribution in [2.24, 2.45) is 14.7 Å². The van der Waals surface area contributed by atoms with Crippen molar-refractivity contribution in [2.45, 2.75) is 114 Å². The SMILES string of the molecule is CN(/N=C/c1ccc(OP(=S)(N=P(C[Si](CCC[Si](C)(C)C)(CCC[Si](C)(C)C)CCC[Si](C)(C)C)(c2ccccc2)c2ccccc2)Oc2ccc(/C=N/N(C)P(=S)(Oc3ccc(C=O)cc3)Oc3ccc(C=O)cc3)cc2)cc1)P(=S)(Oc1ccc(C=O)cc1)Oc1ccc(C=O)cc1. The maximum atomic E-state index is 11.5. The van der Waals surface area contributed by atoms with Gasteiger partial charge in [0.2, 0.25) is 0 Å². The minimum Gasteiger partial charge on any atom is -0.420 e. The summed E-state index contributed by atoms with van der Waals surface area (Å²) in [5.74, 6) is 3.34. The predicted octanol–water partition coefficient (Wildman–Crippen LogP) is 20.9. The van der Waals surface area contributed by atoms with E-state index in [1.165, 1.54) is 65.1 Å². The van der Waals surface area contributed by atoms with Crippen LogP contribution >= 0.6 is 27.0 Å². The van der Waals surface area contributed by atoms with Crippen molar-refractivity contribution in [3.63, 3.8) is 0 Å². The molecule has 8 rings (SSSR count). The molecule has 0 fully saturated rings. The second-order valence-electron chi connectivity index (χ2n) is 28.7. The summed E-state index contributed by atoms with van der Waals surface area (Å²) in [5, 5.41) is 11.9. The van der Waals surface area contributed by atoms with Crippen LogP contribution in [0.5, 0.6) is 34.5 Å². The first kappa shape index (κ1) is 79.9. The van der Waals surface area contributed by atoms with Crippen molar-refractivity contribution in [3.8, 4) is 34.5 Å². The van der Waals surface area contributed by atoms with Gasteiger partial charge in [-0.1, -0.05) is 175 Å². The van der Waals surface area contributed by atoms with Crippen LogP contribution < -0.4 is 37.8 Å². The van der Waals surface area contributed by atoms with E-state index in [0.29, 0.717) is 67.9 Å². The Bertz CT molecular complexity index is 3920. The molecule has 26 heteroatoms. The van der Waals surface area contributed by atoms with Crippen LogP contribution in [0, 0.1) is 0 Å². The van der Waals surface area contributed by atoms with Gasteiger partial charge in [-0.15, -0.1) is 0 Å². The van der Waals surface area contributed by atoms with E-state index in [1.54, 1.807) is 124 Å². The fraction of sp³-hybridized carbons (Fsp3) is 0.280. The zero-order chi connectivity index (χ0) is 73.0. The summed E-state index contributed by atoms with van der Waals surface area (Å²) in [6.45, 7) is 11.7. The molecule has 0 spiro atoms. The first-order valence-electron chi connectivity index (χ1n) is 33.6. The molecule has 0 radical (unpaired) electrons. The molecule has 0 amide bonds. The Balaban J connectivity index is 1.23. The average Bonchev–Trinajstić information content (AvgIpc) is 0.748. The highest BCUT2D eigenvalue weighted by Gasteiger charge is 2.43. The highest BCUT2D eigenvalue weighted by Crippen LogP contribution is 2.64. The maximum Gasteiger partial charge on any atom is 0.413 e. The fourth-order valence-electron chi connectivity index (χ4n) is 11.3. The molecule has 0 aliphatic carbocycles. The third-order valence-corrected chi connectivity index (χ3v) is 43.1. The van der Waals surface area contributed by atoms with E-state index in [9.17, 15) is 19.2 Å². The van der Waals surface area contributed by atoms with Gasteiger partial charge in [-0.3, -0.25) is 19.2 Å². The zero-order valence-electron chi connectivity index (χ0n) is 59.5. The number of hydrogen-bond donors (Lipinski definition) is 0. The van der Waals surface area contributed by atoms with Crippen LogP contribution in [0.4, 0.5) is 0 Å². The van der Waals surface area contributed by atoms with Gasteiger partial charge in [0.25, 0.3) is 0 Å². The standard InChI is InChI=1S/C75H93N5O10P4S3Si4/c1-79(93(96,87-70-41-29-64(57-81)30-42-70)88-71-43-31-65(58-82)32-44-71)76-55-62-25-37-68(38-26-62)85-92(95,86-69-39-27-63(28-40-69)56-77-80(2)94(97,89-72-45-33-66(59-83)34-46-72)90-73-47-35-67(60-84)36-48-73)78-91(74-21-14-12-15-22-74,75-23-16-13-17-24-75)61-101(52-18-49-98(3,4)5,53-19-50-99(6,7)8)54-20-51-100(9,10)11/h12-17,21-48,55-60H,18-20,49-54,61H2,1-11H3/b76-55+,77-56+. The van der Waals surface area contributed by atoms with E-state index >= 15 is 0 Å². The Labute approximate surface area is 617 Å². The first-order chi connectivity index (χ1) is 47.9. The fourth-order valence-corrected chi connectivity index (χ4v) is 38.1. The van der Waals surface area contributed by atoms with Crippen LogP contribution in [0.3, 0.4) is 0 Å². The number of aldehydes is 4. The zero-order valence-corrected chi connectivity index (χ0v) is 69.5. The van der Waals surface area contributed by atoms with E-state index < -0.39 is 59.3 Å². The molecular weight excluding hydrogens is 1460 g/mol. The van der Waals surface area contributed by atoms with Gasteiger partial charge >= 0.3 is 19.9 Å². The van der Waals surface area contributed by atoms with Gasteiger partial charge in [-0.05, 0) is 173 Å². The van der Waals surface area contributed by atoms with Gasteiger partial charge in [0.15, 0.2) is 0 Å². The lowest BCUT2D eigenvalue weighted by Gasteiger charge is -2.41. The molecule has 0 unspecified atom stereocenters. The summed E-state index contributed by atoms with van der Waals surface area (Å²) in [7, 11) is -6.17. The minimum atomic E-state index is -3.85. The molecule has 101 heavy (non-hydrogen) atoms. The lowest BCUT2D eigenvalue weighted by molar-refractivity contribution is 0.111. The van der Waals surface area contributed by atoms with Crippen LogP contribution in [0.15, 0.2) is 221 Å². The number of nitrogens with zero attached hydrogens (tertiary/aromatic N) is 5. The van der Waals surface area contributed by atoms with E-state index in [0.717, 1.165) is 41.5 Å². The third kappa shape index (κ3) is 24.7. The molecule has 8 aromatic rings. The number of hydrazone groups is 2. The van der Waals surface area contributed by atoms with Crippen LogP contribution in [0.2, 0.25) is 95.2 Å². The van der Waals surface area contributed by atoms with Crippen LogP contribution in [-0.2, 0) is 35.4 Å². The third-order valence-electron chi connectivity index (χ3n) is 16.7. The summed E-state index contributed by atoms with van der Waals surface area (Å²) >= 11 is 19.4. The molecule has 532 valence electrons. The topological polar surface area (TPSA) is 167 Å². The van der Waals surface area contributed by atoms with E-state index in [4.69, 9.17) is 77.3 Å². The lowest BCUT2D eigenvalue weighted by Crippen LogP contribution is -2.43. The summed E-state index contributed by atoms with van der Waals surface area (Å²) in [6, 6.07) is 70.4. The smallest absolute Gasteiger partial charge is 0.413 e. The molecule has 8 aromatic carbocycles. The summed E-state index contributed by atoms with van der Waals surface area (Å²) in [5.41, 5.74) is 3.27. The molecule has 0 saturated carbocycles. The maximum absolute atomic E-state index is 11.5. The molecule has 0 atom stereocenters. The Kier molecular flexibility index (Phi) is 28.6. The van der Waals surface area contributed by atoms with Gasteiger partial charge < -0.3 is 27.1 Å². The Morgan fingerprint density at radius 1 is 0.347 bits per heavy atom. The molecule has 0 N–H and O–H groups in total. The summed E-state index contributed by atoms with van der Waals surface area (Å²) < 4.78 is 49.5. The molecule has 0 aromatic heterocycles. The Morgan fingerprint density at radius 3 is 0.842 bits per heavy atom. The number of carbonyl (C=O) groups is 4. The van der Waals surface area contributed by atoms with Crippen molar-refractivity contribution in [1.82, 2.24) is 9.56 Å². The average molecular weight is 1560 g/mol. The van der Waals surface area contributed by atoms with E-state index in [2.05, 4.69) is 120 Å². The second-order valence-corrected chi connectivity index (χ2v) is 63.9. The van der Waals surface area contributed by atoms with E-state index in [-0.39, 0.29) is 0 Å². The highest BCUT2D eigenvalue weighted by atomic mass is 32.5. The monoisotopic (exact) mass is 1560 g/mol. The number of hydrogen-bond acceptors (Lipinski definition) is 15. The van der Waals surface area contributed by atoms with Gasteiger partial charge in [0.1, 0.15) is 59.6 Å². The van der Waals surface area contributed by atoms with Crippen LogP contribution in [0.25, 0.3) is 0 Å². The van der Waals surface area contributed by atoms with Crippen molar-refractivity contribution in [3.05, 3.63) is 240 Å². The van der Waals surface area contributed by atoms with E-state index in [1.807, 2.05) is 48.5 Å². The molecule has 0 saturated heterocycles. The number of carbonyl (C=O) groups excluding carboxylic acids is 4. The van der Waals surface area contributed by atoms with Crippen molar-refractivity contribution in [2.75, 3.05) is 19.9 Å². The lowest BCUT2D eigenvalue weighted by atomic mass is 10.2. The number of rotatable bonds is 39. The van der Waals surface area contributed by atoms with Crippen molar-refractivity contribution < 1.29 is 46.3 Å². The second kappa shape index (κ2) is 36.1. The number of benzene rings is 8. The minimum absolute atomic E-state index is 0.379. The molecule has 0 bridgehead atoms. The highest BCUT2D eigenvalue weighted by molar-refractivity contribution is 8.11. The van der Waals surface area contributed by atoms with Crippen molar-refractivity contribution in [1.29, 1.82) is 0 Å². The molecule has 0 aliphatic heterocycles.